The van der Waals surface area contributed by atoms with Gasteiger partial charge in [0.1, 0.15) is 0 Å². The molecular formula is C15H33N2+. The fourth-order valence-corrected chi connectivity index (χ4v) is 3.08. The molecule has 1 unspecified atom stereocenters. The SMILES string of the molecule is CCCCC(CC)C[NH+]1CCC(N(C)C)CC1. The zero-order valence-corrected chi connectivity index (χ0v) is 12.5. The third kappa shape index (κ3) is 5.39. The van der Waals surface area contributed by atoms with E-state index in [1.807, 2.05) is 4.90 Å². The first-order chi connectivity index (χ1) is 8.17. The van der Waals surface area contributed by atoms with Crippen molar-refractivity contribution >= 4 is 0 Å². The Morgan fingerprint density at radius 3 is 2.29 bits per heavy atom. The van der Waals surface area contributed by atoms with Crippen molar-refractivity contribution in [1.82, 2.24) is 4.90 Å². The fourth-order valence-electron chi connectivity index (χ4n) is 3.08. The Labute approximate surface area is 108 Å². The van der Waals surface area contributed by atoms with Crippen molar-refractivity contribution in [2.24, 2.45) is 5.92 Å². The Balaban J connectivity index is 2.23. The molecule has 0 aromatic rings. The second kappa shape index (κ2) is 8.10. The summed E-state index contributed by atoms with van der Waals surface area (Å²) in [6.45, 7) is 8.89. The van der Waals surface area contributed by atoms with E-state index in [0.29, 0.717) is 0 Å². The monoisotopic (exact) mass is 241 g/mol. The molecule has 0 bridgehead atoms. The molecule has 1 aliphatic rings. The van der Waals surface area contributed by atoms with Crippen LogP contribution in [-0.2, 0) is 0 Å². The second-order valence-electron chi connectivity index (χ2n) is 6.07. The van der Waals surface area contributed by atoms with E-state index < -0.39 is 0 Å². The molecule has 0 radical (unpaired) electrons. The van der Waals surface area contributed by atoms with Gasteiger partial charge in [-0.05, 0) is 26.9 Å². The normalized spacial score (nSPS) is 27.4. The summed E-state index contributed by atoms with van der Waals surface area (Å²) in [4.78, 5) is 4.27. The van der Waals surface area contributed by atoms with Crippen LogP contribution in [0.4, 0.5) is 0 Å². The van der Waals surface area contributed by atoms with Gasteiger partial charge in [0, 0.05) is 24.8 Å². The summed E-state index contributed by atoms with van der Waals surface area (Å²) < 4.78 is 0. The van der Waals surface area contributed by atoms with E-state index >= 15 is 0 Å². The highest BCUT2D eigenvalue weighted by atomic mass is 15.2. The Morgan fingerprint density at radius 1 is 1.18 bits per heavy atom. The number of hydrogen-bond acceptors (Lipinski definition) is 1. The van der Waals surface area contributed by atoms with Crippen LogP contribution in [0.15, 0.2) is 0 Å². The maximum atomic E-state index is 2.41. The van der Waals surface area contributed by atoms with Gasteiger partial charge in [0.15, 0.2) is 0 Å². The quantitative estimate of drug-likeness (QED) is 0.714. The van der Waals surface area contributed by atoms with Crippen molar-refractivity contribution in [1.29, 1.82) is 0 Å². The van der Waals surface area contributed by atoms with Gasteiger partial charge in [-0.15, -0.1) is 0 Å². The number of quaternary nitrogens is 1. The van der Waals surface area contributed by atoms with Crippen LogP contribution in [0, 0.1) is 5.92 Å². The number of likely N-dealkylation sites (tertiary alicyclic amines) is 1. The van der Waals surface area contributed by atoms with E-state index in [1.54, 1.807) is 0 Å². The average molecular weight is 241 g/mol. The predicted octanol–water partition coefficient (Wildman–Crippen LogP) is 1.81. The summed E-state index contributed by atoms with van der Waals surface area (Å²) in [5.41, 5.74) is 0. The predicted molar refractivity (Wildman–Crippen MR) is 75.6 cm³/mol. The molecule has 1 saturated heterocycles. The molecule has 1 aliphatic heterocycles. The summed E-state index contributed by atoms with van der Waals surface area (Å²) >= 11 is 0. The van der Waals surface area contributed by atoms with Gasteiger partial charge in [-0.1, -0.05) is 26.7 Å². The standard InChI is InChI=1S/C15H32N2/c1-5-7-8-14(6-2)13-17-11-9-15(10-12-17)16(3)4/h14-15H,5-13H2,1-4H3/p+1. The number of rotatable bonds is 7. The minimum absolute atomic E-state index is 0.842. The number of piperidine rings is 1. The van der Waals surface area contributed by atoms with Crippen molar-refractivity contribution in [3.8, 4) is 0 Å². The zero-order chi connectivity index (χ0) is 12.7. The van der Waals surface area contributed by atoms with Crippen LogP contribution in [0.25, 0.3) is 0 Å². The smallest absolute Gasteiger partial charge is 0.0799 e. The molecule has 1 heterocycles. The summed E-state index contributed by atoms with van der Waals surface area (Å²) in [7, 11) is 4.46. The summed E-state index contributed by atoms with van der Waals surface area (Å²) in [5.74, 6) is 0.973. The van der Waals surface area contributed by atoms with Crippen LogP contribution >= 0.6 is 0 Å². The highest BCUT2D eigenvalue weighted by Gasteiger charge is 2.24. The lowest BCUT2D eigenvalue weighted by Crippen LogP contribution is -3.14. The van der Waals surface area contributed by atoms with E-state index in [0.717, 1.165) is 12.0 Å². The highest BCUT2D eigenvalue weighted by molar-refractivity contribution is 4.68. The molecule has 0 spiro atoms. The maximum Gasteiger partial charge on any atom is 0.0799 e. The van der Waals surface area contributed by atoms with Crippen LogP contribution in [0.2, 0.25) is 0 Å². The fraction of sp³-hybridized carbons (Fsp3) is 1.00. The van der Waals surface area contributed by atoms with Gasteiger partial charge >= 0.3 is 0 Å². The molecule has 0 aliphatic carbocycles. The largest absolute Gasteiger partial charge is 0.335 e. The topological polar surface area (TPSA) is 7.68 Å². The minimum atomic E-state index is 0.842. The van der Waals surface area contributed by atoms with E-state index in [4.69, 9.17) is 0 Å². The van der Waals surface area contributed by atoms with Gasteiger partial charge in [-0.2, -0.15) is 0 Å². The first-order valence-electron chi connectivity index (χ1n) is 7.67. The Hall–Kier alpha value is -0.0800. The molecule has 0 saturated carbocycles. The Kier molecular flexibility index (Phi) is 7.14. The lowest BCUT2D eigenvalue weighted by molar-refractivity contribution is -0.909. The van der Waals surface area contributed by atoms with Crippen molar-refractivity contribution in [2.75, 3.05) is 33.7 Å². The van der Waals surface area contributed by atoms with E-state index in [2.05, 4.69) is 32.8 Å². The summed E-state index contributed by atoms with van der Waals surface area (Å²) in [5, 5.41) is 0. The van der Waals surface area contributed by atoms with Gasteiger partial charge in [-0.3, -0.25) is 0 Å². The highest BCUT2D eigenvalue weighted by Crippen LogP contribution is 2.11. The molecule has 102 valence electrons. The molecule has 0 aromatic carbocycles. The minimum Gasteiger partial charge on any atom is -0.335 e. The van der Waals surface area contributed by atoms with Gasteiger partial charge < -0.3 is 9.80 Å². The van der Waals surface area contributed by atoms with Gasteiger partial charge in [0.05, 0.1) is 19.6 Å². The number of hydrogen-bond donors (Lipinski definition) is 1. The lowest BCUT2D eigenvalue weighted by atomic mass is 9.96. The molecule has 1 rings (SSSR count). The molecule has 2 heteroatoms. The van der Waals surface area contributed by atoms with Crippen molar-refractivity contribution in [3.05, 3.63) is 0 Å². The number of unbranched alkanes of at least 4 members (excludes halogenated alkanes) is 1. The Morgan fingerprint density at radius 2 is 1.82 bits per heavy atom. The maximum absolute atomic E-state index is 2.41. The molecule has 2 nitrogen and oxygen atoms in total. The van der Waals surface area contributed by atoms with Crippen LogP contribution in [0.3, 0.4) is 0 Å². The number of nitrogens with one attached hydrogen (secondary N) is 1. The molecule has 0 aromatic heterocycles. The lowest BCUT2D eigenvalue weighted by Gasteiger charge is -2.34. The molecule has 1 atom stereocenters. The molecule has 1 fully saturated rings. The van der Waals surface area contributed by atoms with E-state index in [1.165, 1.54) is 58.2 Å². The first-order valence-corrected chi connectivity index (χ1v) is 7.67. The molecule has 1 N–H and O–H groups in total. The molecular weight excluding hydrogens is 208 g/mol. The second-order valence-corrected chi connectivity index (χ2v) is 6.07. The van der Waals surface area contributed by atoms with Crippen molar-refractivity contribution < 1.29 is 4.90 Å². The van der Waals surface area contributed by atoms with Gasteiger partial charge in [-0.25, -0.2) is 0 Å². The third-order valence-electron chi connectivity index (χ3n) is 4.51. The van der Waals surface area contributed by atoms with Gasteiger partial charge in [0.2, 0.25) is 0 Å². The molecule has 0 amide bonds. The van der Waals surface area contributed by atoms with Gasteiger partial charge in [0.25, 0.3) is 0 Å². The van der Waals surface area contributed by atoms with Crippen LogP contribution < -0.4 is 4.90 Å². The van der Waals surface area contributed by atoms with Crippen molar-refractivity contribution in [3.63, 3.8) is 0 Å². The average Bonchev–Trinajstić information content (AvgIpc) is 2.35. The van der Waals surface area contributed by atoms with Crippen LogP contribution in [0.5, 0.6) is 0 Å². The summed E-state index contributed by atoms with van der Waals surface area (Å²) in [6, 6.07) is 0.842. The first kappa shape index (κ1) is 15.0. The third-order valence-corrected chi connectivity index (χ3v) is 4.51. The van der Waals surface area contributed by atoms with E-state index in [-0.39, 0.29) is 0 Å². The zero-order valence-electron chi connectivity index (χ0n) is 12.5. The summed E-state index contributed by atoms with van der Waals surface area (Å²) in [6.07, 6.45) is 8.40. The van der Waals surface area contributed by atoms with E-state index in [9.17, 15) is 0 Å². The van der Waals surface area contributed by atoms with Crippen molar-refractivity contribution in [2.45, 2.75) is 58.4 Å². The van der Waals surface area contributed by atoms with Crippen LogP contribution in [-0.4, -0.2) is 44.7 Å². The molecule has 17 heavy (non-hydrogen) atoms. The Bertz CT molecular complexity index is 183. The van der Waals surface area contributed by atoms with Crippen LogP contribution in [0.1, 0.15) is 52.4 Å². The number of nitrogens with zero attached hydrogens (tertiary/aromatic N) is 1.